The first-order chi connectivity index (χ1) is 17.6. The third kappa shape index (κ3) is 6.18. The number of carbonyl (C=O) groups is 1. The molecule has 0 aliphatic rings. The molecule has 0 aliphatic carbocycles. The monoisotopic (exact) mass is 513 g/mol. The molecule has 1 amide bonds. The molecule has 196 valence electrons. The summed E-state index contributed by atoms with van der Waals surface area (Å²) in [5, 5.41) is 13.5. The molecule has 0 unspecified atom stereocenters. The van der Waals surface area contributed by atoms with E-state index in [9.17, 15) is 18.0 Å². The maximum Gasteiger partial charge on any atom is 0.416 e. The SMILES string of the molecule is Cn1cc2c3cc(C(=O)NCCCCCCCN=[N+](C)C)ccc3n(-c3ccc(C(F)(F)F)cc3)c2n1. The van der Waals surface area contributed by atoms with Crippen molar-refractivity contribution < 1.29 is 22.7 Å². The minimum Gasteiger partial charge on any atom is -0.352 e. The van der Waals surface area contributed by atoms with Gasteiger partial charge in [0, 0.05) is 41.8 Å². The Hall–Kier alpha value is -3.69. The van der Waals surface area contributed by atoms with Gasteiger partial charge >= 0.3 is 6.18 Å². The molecule has 7 nitrogen and oxygen atoms in total. The van der Waals surface area contributed by atoms with Gasteiger partial charge in [0.15, 0.2) is 19.7 Å². The van der Waals surface area contributed by atoms with Gasteiger partial charge in [-0.25, -0.2) is 0 Å². The van der Waals surface area contributed by atoms with Gasteiger partial charge < -0.3 is 5.32 Å². The predicted octanol–water partition coefficient (Wildman–Crippen LogP) is 5.94. The van der Waals surface area contributed by atoms with Crippen molar-refractivity contribution in [3.63, 3.8) is 0 Å². The molecule has 0 radical (unpaired) electrons. The molecule has 2 aromatic heterocycles. The Morgan fingerprint density at radius 1 is 1.00 bits per heavy atom. The fraction of sp³-hybridized carbons (Fsp3) is 0.407. The third-order valence-corrected chi connectivity index (χ3v) is 6.27. The van der Waals surface area contributed by atoms with Crippen LogP contribution >= 0.6 is 0 Å². The van der Waals surface area contributed by atoms with Crippen molar-refractivity contribution in [2.75, 3.05) is 27.2 Å². The van der Waals surface area contributed by atoms with Gasteiger partial charge in [0.05, 0.1) is 11.1 Å². The third-order valence-electron chi connectivity index (χ3n) is 6.27. The quantitative estimate of drug-likeness (QED) is 0.162. The number of rotatable bonds is 10. The zero-order valence-corrected chi connectivity index (χ0v) is 21.3. The number of amides is 1. The second-order valence-corrected chi connectivity index (χ2v) is 9.39. The molecule has 2 aromatic carbocycles. The first-order valence-corrected chi connectivity index (χ1v) is 12.4. The summed E-state index contributed by atoms with van der Waals surface area (Å²) in [4.78, 5) is 12.8. The fourth-order valence-electron chi connectivity index (χ4n) is 4.44. The average Bonchev–Trinajstić information content (AvgIpc) is 3.36. The average molecular weight is 514 g/mol. The molecular weight excluding hydrogens is 481 g/mol. The molecular formula is C27H32F3N6O+. The normalized spacial score (nSPS) is 11.8. The molecule has 0 atom stereocenters. The number of benzene rings is 2. The number of unbranched alkanes of at least 4 members (excludes halogenated alkanes) is 4. The van der Waals surface area contributed by atoms with Crippen molar-refractivity contribution in [3.8, 4) is 5.69 Å². The molecule has 10 heteroatoms. The van der Waals surface area contributed by atoms with Crippen molar-refractivity contribution >= 4 is 27.8 Å². The van der Waals surface area contributed by atoms with Crippen molar-refractivity contribution in [1.29, 1.82) is 0 Å². The number of aromatic nitrogens is 3. The van der Waals surface area contributed by atoms with E-state index < -0.39 is 11.7 Å². The smallest absolute Gasteiger partial charge is 0.352 e. The van der Waals surface area contributed by atoms with Crippen LogP contribution in [0.5, 0.6) is 0 Å². The minimum absolute atomic E-state index is 0.147. The van der Waals surface area contributed by atoms with E-state index in [2.05, 4.69) is 15.5 Å². The zero-order chi connectivity index (χ0) is 26.6. The molecule has 4 rings (SSSR count). The Balaban J connectivity index is 1.46. The first kappa shape index (κ1) is 26.4. The van der Waals surface area contributed by atoms with Crippen LogP contribution in [0.2, 0.25) is 0 Å². The second-order valence-electron chi connectivity index (χ2n) is 9.39. The molecule has 0 saturated heterocycles. The molecule has 0 spiro atoms. The van der Waals surface area contributed by atoms with Crippen LogP contribution in [0.15, 0.2) is 53.8 Å². The molecule has 0 aliphatic heterocycles. The summed E-state index contributed by atoms with van der Waals surface area (Å²) in [7, 11) is 5.64. The van der Waals surface area contributed by atoms with E-state index in [1.165, 1.54) is 12.1 Å². The van der Waals surface area contributed by atoms with Crippen LogP contribution in [0.25, 0.3) is 27.6 Å². The highest BCUT2D eigenvalue weighted by Gasteiger charge is 2.30. The standard InChI is InChI=1S/C27H31F3N6O/c1-34(2)32-16-8-6-4-5-7-15-31-26(37)19-9-14-24-22(17-19)23-18-35(3)33-25(23)36(24)21-12-10-20(11-13-21)27(28,29)30/h9-14,17-18H,4-8,15-16H2,1-3H3/p+1. The number of alkyl halides is 3. The number of aryl methyl sites for hydroxylation is 1. The highest BCUT2D eigenvalue weighted by Crippen LogP contribution is 2.34. The Labute approximate surface area is 213 Å². The van der Waals surface area contributed by atoms with E-state index in [1.807, 2.05) is 41.7 Å². The Kier molecular flexibility index (Phi) is 7.94. The lowest BCUT2D eigenvalue weighted by atomic mass is 10.1. The summed E-state index contributed by atoms with van der Waals surface area (Å²) in [6.45, 7) is 1.45. The number of carbonyl (C=O) groups excluding carboxylic acids is 1. The van der Waals surface area contributed by atoms with E-state index in [0.29, 0.717) is 23.4 Å². The Morgan fingerprint density at radius 2 is 1.70 bits per heavy atom. The Morgan fingerprint density at radius 3 is 2.41 bits per heavy atom. The van der Waals surface area contributed by atoms with Crippen molar-refractivity contribution in [3.05, 3.63) is 59.8 Å². The van der Waals surface area contributed by atoms with Crippen molar-refractivity contribution in [2.24, 2.45) is 12.2 Å². The van der Waals surface area contributed by atoms with Gasteiger partial charge in [-0.15, -0.1) is 4.70 Å². The van der Waals surface area contributed by atoms with Crippen molar-refractivity contribution in [2.45, 2.75) is 38.3 Å². The lowest BCUT2D eigenvalue weighted by Gasteiger charge is -2.10. The summed E-state index contributed by atoms with van der Waals surface area (Å²) < 4.78 is 44.4. The zero-order valence-electron chi connectivity index (χ0n) is 21.3. The summed E-state index contributed by atoms with van der Waals surface area (Å²) in [6, 6.07) is 10.4. The van der Waals surface area contributed by atoms with Gasteiger partial charge in [0.25, 0.3) is 5.91 Å². The van der Waals surface area contributed by atoms with E-state index >= 15 is 0 Å². The van der Waals surface area contributed by atoms with Crippen LogP contribution in [0.3, 0.4) is 0 Å². The van der Waals surface area contributed by atoms with Crippen LogP contribution in [0.1, 0.15) is 48.0 Å². The number of nitrogens with one attached hydrogen (secondary N) is 1. The number of halogens is 3. The lowest BCUT2D eigenvalue weighted by molar-refractivity contribution is -0.537. The van der Waals surface area contributed by atoms with Crippen molar-refractivity contribution in [1.82, 2.24) is 19.7 Å². The van der Waals surface area contributed by atoms with Crippen LogP contribution in [0.4, 0.5) is 13.2 Å². The molecule has 4 aromatic rings. The van der Waals surface area contributed by atoms with Gasteiger partial charge in [-0.1, -0.05) is 19.3 Å². The summed E-state index contributed by atoms with van der Waals surface area (Å²) in [6.07, 6.45) is 2.72. The molecule has 0 saturated carbocycles. The van der Waals surface area contributed by atoms with E-state index in [0.717, 1.165) is 67.1 Å². The second kappa shape index (κ2) is 11.1. The van der Waals surface area contributed by atoms with Crippen LogP contribution < -0.4 is 5.32 Å². The van der Waals surface area contributed by atoms with Crippen LogP contribution in [-0.2, 0) is 13.2 Å². The molecule has 0 fully saturated rings. The minimum atomic E-state index is -4.40. The lowest BCUT2D eigenvalue weighted by Crippen LogP contribution is -2.24. The van der Waals surface area contributed by atoms with Gasteiger partial charge in [0.1, 0.15) is 6.54 Å². The van der Waals surface area contributed by atoms with E-state index in [4.69, 9.17) is 0 Å². The number of nitrogens with zero attached hydrogens (tertiary/aromatic N) is 5. The van der Waals surface area contributed by atoms with Gasteiger partial charge in [0.2, 0.25) is 0 Å². The Bertz CT molecular complexity index is 1410. The molecule has 0 bridgehead atoms. The molecule has 2 heterocycles. The van der Waals surface area contributed by atoms with Gasteiger partial charge in [-0.2, -0.15) is 18.3 Å². The predicted molar refractivity (Wildman–Crippen MR) is 137 cm³/mol. The molecule has 37 heavy (non-hydrogen) atoms. The largest absolute Gasteiger partial charge is 0.416 e. The van der Waals surface area contributed by atoms with Gasteiger partial charge in [-0.3, -0.25) is 14.0 Å². The fourth-order valence-corrected chi connectivity index (χ4v) is 4.44. The highest BCUT2D eigenvalue weighted by atomic mass is 19.4. The highest BCUT2D eigenvalue weighted by molar-refractivity contribution is 6.10. The summed E-state index contributed by atoms with van der Waals surface area (Å²) in [5.74, 6) is -0.147. The number of azo groups is 2. The number of hydrogen-bond acceptors (Lipinski definition) is 3. The van der Waals surface area contributed by atoms with E-state index in [-0.39, 0.29) is 5.91 Å². The summed E-state index contributed by atoms with van der Waals surface area (Å²) in [5.41, 5.74) is 1.79. The first-order valence-electron chi connectivity index (χ1n) is 12.4. The van der Waals surface area contributed by atoms with Crippen LogP contribution in [0, 0.1) is 0 Å². The maximum absolute atomic E-state index is 13.0. The number of fused-ring (bicyclic) bond motifs is 3. The molecule has 1 N–H and O–H groups in total. The van der Waals surface area contributed by atoms with Crippen LogP contribution in [-0.4, -0.2) is 52.1 Å². The topological polar surface area (TPSA) is 67.2 Å². The summed E-state index contributed by atoms with van der Waals surface area (Å²) >= 11 is 0. The number of hydrogen-bond donors (Lipinski definition) is 1. The van der Waals surface area contributed by atoms with Gasteiger partial charge in [-0.05, 0) is 60.4 Å². The van der Waals surface area contributed by atoms with E-state index in [1.54, 1.807) is 17.8 Å². The maximum atomic E-state index is 13.0.